The second-order valence-electron chi connectivity index (χ2n) is 5.21. The zero-order chi connectivity index (χ0) is 18.7. The molecule has 26 heavy (non-hydrogen) atoms. The molecule has 3 rings (SSSR count). The Labute approximate surface area is 145 Å². The molecule has 6 nitrogen and oxygen atoms in total. The fraction of sp³-hybridized carbons (Fsp3) is 0.0588. The van der Waals surface area contributed by atoms with Gasteiger partial charge in [0.2, 0.25) is 6.41 Å². The molecule has 0 aliphatic heterocycles. The summed E-state index contributed by atoms with van der Waals surface area (Å²) < 4.78 is 37.8. The zero-order valence-electron chi connectivity index (χ0n) is 13.1. The molecule has 1 N–H and O–H groups in total. The highest BCUT2D eigenvalue weighted by Gasteiger charge is 2.30. The lowest BCUT2D eigenvalue weighted by Crippen LogP contribution is -2.33. The number of amides is 3. The van der Waals surface area contributed by atoms with Gasteiger partial charge in [-0.15, -0.1) is 0 Å². The number of nitrogens with one attached hydrogen (secondary N) is 1. The first-order valence-corrected chi connectivity index (χ1v) is 7.32. The molecule has 0 fully saturated rings. The molecule has 0 atom stereocenters. The van der Waals surface area contributed by atoms with Crippen LogP contribution >= 0.6 is 0 Å². The van der Waals surface area contributed by atoms with Crippen molar-refractivity contribution >= 4 is 34.8 Å². The van der Waals surface area contributed by atoms with Crippen molar-refractivity contribution in [1.82, 2.24) is 9.97 Å². The number of imide groups is 1. The largest absolute Gasteiger partial charge is 0.416 e. The quantitative estimate of drug-likeness (QED) is 0.720. The van der Waals surface area contributed by atoms with E-state index in [1.54, 1.807) is 18.2 Å². The molecule has 0 saturated heterocycles. The van der Waals surface area contributed by atoms with E-state index in [4.69, 9.17) is 0 Å². The summed E-state index contributed by atoms with van der Waals surface area (Å²) in [6.45, 7) is 0. The van der Waals surface area contributed by atoms with Crippen LogP contribution in [0.4, 0.5) is 29.3 Å². The zero-order valence-corrected chi connectivity index (χ0v) is 13.1. The summed E-state index contributed by atoms with van der Waals surface area (Å²) in [7, 11) is 0. The van der Waals surface area contributed by atoms with E-state index >= 15 is 0 Å². The topological polar surface area (TPSA) is 75.2 Å². The van der Waals surface area contributed by atoms with Crippen molar-refractivity contribution in [3.63, 3.8) is 0 Å². The normalized spacial score (nSPS) is 11.2. The van der Waals surface area contributed by atoms with Crippen molar-refractivity contribution in [2.75, 3.05) is 10.2 Å². The Kier molecular flexibility index (Phi) is 4.53. The maximum atomic E-state index is 12.6. The molecule has 0 aliphatic carbocycles. The smallest absolute Gasteiger partial charge is 0.307 e. The predicted octanol–water partition coefficient (Wildman–Crippen LogP) is 3.84. The molecule has 0 spiro atoms. The molecular weight excluding hydrogens is 349 g/mol. The molecular formula is C17H11F3N4O2. The Bertz CT molecular complexity index is 958. The average molecular weight is 360 g/mol. The van der Waals surface area contributed by atoms with Gasteiger partial charge in [-0.1, -0.05) is 0 Å². The van der Waals surface area contributed by atoms with E-state index in [0.717, 1.165) is 24.3 Å². The SMILES string of the molecule is O=CN(C(=O)Nc1ccc2nccnc2c1)c1ccc(C(F)(F)F)cc1. The maximum absolute atomic E-state index is 12.6. The molecule has 1 heterocycles. The summed E-state index contributed by atoms with van der Waals surface area (Å²) >= 11 is 0. The van der Waals surface area contributed by atoms with E-state index in [2.05, 4.69) is 15.3 Å². The number of alkyl halides is 3. The van der Waals surface area contributed by atoms with Crippen LogP contribution in [0.3, 0.4) is 0 Å². The molecule has 0 aliphatic rings. The van der Waals surface area contributed by atoms with Crippen molar-refractivity contribution in [2.24, 2.45) is 0 Å². The van der Waals surface area contributed by atoms with Crippen molar-refractivity contribution in [3.05, 3.63) is 60.4 Å². The first kappa shape index (κ1) is 17.3. The summed E-state index contributed by atoms with van der Waals surface area (Å²) in [6, 6.07) is 7.64. The second-order valence-corrected chi connectivity index (χ2v) is 5.21. The van der Waals surface area contributed by atoms with Gasteiger partial charge >= 0.3 is 12.2 Å². The Morgan fingerprint density at radius 2 is 1.65 bits per heavy atom. The average Bonchev–Trinajstić information content (AvgIpc) is 2.62. The van der Waals surface area contributed by atoms with E-state index in [9.17, 15) is 22.8 Å². The van der Waals surface area contributed by atoms with E-state index < -0.39 is 17.8 Å². The van der Waals surface area contributed by atoms with Crippen molar-refractivity contribution in [1.29, 1.82) is 0 Å². The molecule has 0 radical (unpaired) electrons. The Balaban J connectivity index is 1.80. The van der Waals surface area contributed by atoms with Gasteiger partial charge in [0.1, 0.15) is 0 Å². The number of hydrogen-bond donors (Lipinski definition) is 1. The lowest BCUT2D eigenvalue weighted by atomic mass is 10.2. The number of carbonyl (C=O) groups excluding carboxylic acids is 2. The molecule has 3 amide bonds. The van der Waals surface area contributed by atoms with Gasteiger partial charge in [-0.3, -0.25) is 14.8 Å². The Morgan fingerprint density at radius 3 is 2.27 bits per heavy atom. The van der Waals surface area contributed by atoms with Crippen molar-refractivity contribution in [3.8, 4) is 0 Å². The van der Waals surface area contributed by atoms with E-state index in [1.165, 1.54) is 12.4 Å². The molecule has 0 unspecified atom stereocenters. The minimum atomic E-state index is -4.50. The van der Waals surface area contributed by atoms with Crippen molar-refractivity contribution < 1.29 is 22.8 Å². The Hall–Kier alpha value is -3.49. The molecule has 1 aromatic heterocycles. The predicted molar refractivity (Wildman–Crippen MR) is 88.5 cm³/mol. The van der Waals surface area contributed by atoms with Crippen LogP contribution in [-0.2, 0) is 11.0 Å². The van der Waals surface area contributed by atoms with Gasteiger partial charge in [0.15, 0.2) is 0 Å². The Morgan fingerprint density at radius 1 is 1.00 bits per heavy atom. The van der Waals surface area contributed by atoms with Gasteiger partial charge in [-0.05, 0) is 42.5 Å². The number of rotatable bonds is 3. The van der Waals surface area contributed by atoms with E-state index in [-0.39, 0.29) is 12.1 Å². The second kappa shape index (κ2) is 6.79. The van der Waals surface area contributed by atoms with Crippen LogP contribution in [0.2, 0.25) is 0 Å². The summed E-state index contributed by atoms with van der Waals surface area (Å²) in [5.41, 5.74) is 0.659. The van der Waals surface area contributed by atoms with Crippen LogP contribution in [0, 0.1) is 0 Å². The highest BCUT2D eigenvalue weighted by molar-refractivity contribution is 6.12. The number of anilines is 2. The first-order chi connectivity index (χ1) is 12.4. The molecule has 0 saturated carbocycles. The number of fused-ring (bicyclic) bond motifs is 1. The van der Waals surface area contributed by atoms with Crippen LogP contribution < -0.4 is 10.2 Å². The number of halogens is 3. The minimum Gasteiger partial charge on any atom is -0.307 e. The van der Waals surface area contributed by atoms with Gasteiger partial charge in [-0.25, -0.2) is 9.69 Å². The van der Waals surface area contributed by atoms with Gasteiger partial charge in [0.05, 0.1) is 22.3 Å². The molecule has 132 valence electrons. The van der Waals surface area contributed by atoms with Crippen LogP contribution in [0.1, 0.15) is 5.56 Å². The monoisotopic (exact) mass is 360 g/mol. The van der Waals surface area contributed by atoms with E-state index in [1.807, 2.05) is 0 Å². The maximum Gasteiger partial charge on any atom is 0.416 e. The van der Waals surface area contributed by atoms with Gasteiger partial charge in [0.25, 0.3) is 0 Å². The van der Waals surface area contributed by atoms with Gasteiger partial charge in [-0.2, -0.15) is 13.2 Å². The highest BCUT2D eigenvalue weighted by Crippen LogP contribution is 2.30. The summed E-state index contributed by atoms with van der Waals surface area (Å²) in [4.78, 5) is 32.4. The number of urea groups is 1. The number of benzene rings is 2. The van der Waals surface area contributed by atoms with Crippen LogP contribution in [0.25, 0.3) is 11.0 Å². The highest BCUT2D eigenvalue weighted by atomic mass is 19.4. The fourth-order valence-electron chi connectivity index (χ4n) is 2.26. The summed E-state index contributed by atoms with van der Waals surface area (Å²) in [5, 5.41) is 2.49. The van der Waals surface area contributed by atoms with Crippen LogP contribution in [-0.4, -0.2) is 22.4 Å². The van der Waals surface area contributed by atoms with Crippen LogP contribution in [0.15, 0.2) is 54.9 Å². The number of carbonyl (C=O) groups is 2. The lowest BCUT2D eigenvalue weighted by Gasteiger charge is -2.17. The van der Waals surface area contributed by atoms with Gasteiger partial charge < -0.3 is 5.32 Å². The summed E-state index contributed by atoms with van der Waals surface area (Å²) in [5.74, 6) is 0. The molecule has 0 bridgehead atoms. The number of nitrogens with zero attached hydrogens (tertiary/aromatic N) is 3. The lowest BCUT2D eigenvalue weighted by molar-refractivity contribution is -0.137. The standard InChI is InChI=1S/C17H11F3N4O2/c18-17(19,20)11-1-4-13(5-2-11)24(10-25)16(26)23-12-3-6-14-15(9-12)22-8-7-21-14/h1-10H,(H,23,26). The molecule has 2 aromatic carbocycles. The third-order valence-electron chi connectivity index (χ3n) is 3.52. The number of aromatic nitrogens is 2. The minimum absolute atomic E-state index is 0.00563. The fourth-order valence-corrected chi connectivity index (χ4v) is 2.26. The third-order valence-corrected chi connectivity index (χ3v) is 3.52. The third kappa shape index (κ3) is 3.61. The van der Waals surface area contributed by atoms with Crippen LogP contribution in [0.5, 0.6) is 0 Å². The van der Waals surface area contributed by atoms with E-state index in [0.29, 0.717) is 21.6 Å². The summed E-state index contributed by atoms with van der Waals surface area (Å²) in [6.07, 6.45) is -1.26. The van der Waals surface area contributed by atoms with Gasteiger partial charge in [0, 0.05) is 18.1 Å². The number of hydrogen-bond acceptors (Lipinski definition) is 4. The molecule has 9 heteroatoms. The van der Waals surface area contributed by atoms with Crippen molar-refractivity contribution in [2.45, 2.75) is 6.18 Å². The molecule has 3 aromatic rings. The first-order valence-electron chi connectivity index (χ1n) is 7.32.